The summed E-state index contributed by atoms with van der Waals surface area (Å²) >= 11 is 0. The van der Waals surface area contributed by atoms with Crippen LogP contribution in [0.15, 0.2) is 12.1 Å². The van der Waals surface area contributed by atoms with Gasteiger partial charge in [-0.25, -0.2) is 22.8 Å². The number of methoxy groups -OCH3 is 2. The summed E-state index contributed by atoms with van der Waals surface area (Å²) in [5.74, 6) is -1.98. The average Bonchev–Trinajstić information content (AvgIpc) is 3.23. The van der Waals surface area contributed by atoms with Gasteiger partial charge in [0, 0.05) is 59.5 Å². The number of hydrogen-bond donors (Lipinski definition) is 1. The van der Waals surface area contributed by atoms with Crippen LogP contribution in [0.4, 0.5) is 25.0 Å². The summed E-state index contributed by atoms with van der Waals surface area (Å²) in [6.07, 6.45) is -1.39. The van der Waals surface area contributed by atoms with Gasteiger partial charge in [-0.3, -0.25) is 18.7 Å². The zero-order valence-corrected chi connectivity index (χ0v) is 22.0. The number of ether oxygens (including phenoxy) is 3. The number of nitrogens with zero attached hydrogens (tertiary/aromatic N) is 3. The Kier molecular flexibility index (Phi) is 10.6. The molecule has 0 aromatic heterocycles. The first-order chi connectivity index (χ1) is 17.7. The molecule has 1 aromatic rings. The predicted octanol–water partition coefficient (Wildman–Crippen LogP) is 1.98. The lowest BCUT2D eigenvalue weighted by Crippen LogP contribution is -2.46. The standard InChI is InChI=1S/C22H33F2N4O8P/c1-16(29)25-14-18-15-28(22(30)36-18)17-12-19(23)21(20(24)13-17)26-4-6-27(7-5-26)37(31,34-10-8-32-2)35-11-9-33-3/h12-13,18H,4-11,14-15H2,1-3H3,(H,25,29)/t18-/m0/s1. The van der Waals surface area contributed by atoms with E-state index in [2.05, 4.69) is 5.32 Å². The molecule has 12 nitrogen and oxygen atoms in total. The van der Waals surface area contributed by atoms with E-state index in [0.717, 1.165) is 17.0 Å². The molecular formula is C22H33F2N4O8P. The van der Waals surface area contributed by atoms with Gasteiger partial charge >= 0.3 is 13.8 Å². The molecule has 1 aromatic carbocycles. The number of anilines is 2. The quantitative estimate of drug-likeness (QED) is 0.289. The van der Waals surface area contributed by atoms with Crippen molar-refractivity contribution in [1.82, 2.24) is 9.99 Å². The molecule has 2 amide bonds. The van der Waals surface area contributed by atoms with Gasteiger partial charge in [0.15, 0.2) is 11.6 Å². The Morgan fingerprint density at radius 1 is 1.05 bits per heavy atom. The third-order valence-corrected chi connectivity index (χ3v) is 7.88. The molecule has 0 aliphatic carbocycles. The van der Waals surface area contributed by atoms with Crippen LogP contribution in [0.3, 0.4) is 0 Å². The van der Waals surface area contributed by atoms with Crippen LogP contribution in [0, 0.1) is 11.6 Å². The van der Waals surface area contributed by atoms with E-state index in [9.17, 15) is 14.2 Å². The van der Waals surface area contributed by atoms with E-state index < -0.39 is 31.6 Å². The molecule has 15 heteroatoms. The van der Waals surface area contributed by atoms with Gasteiger partial charge < -0.3 is 24.4 Å². The van der Waals surface area contributed by atoms with E-state index >= 15 is 8.78 Å². The largest absolute Gasteiger partial charge is 0.442 e. The van der Waals surface area contributed by atoms with Crippen LogP contribution >= 0.6 is 7.75 Å². The smallest absolute Gasteiger partial charge is 0.414 e. The van der Waals surface area contributed by atoms with Gasteiger partial charge in [-0.1, -0.05) is 0 Å². The molecule has 37 heavy (non-hydrogen) atoms. The van der Waals surface area contributed by atoms with E-state index in [1.165, 1.54) is 30.7 Å². The first kappa shape index (κ1) is 29.2. The monoisotopic (exact) mass is 550 g/mol. The maximum Gasteiger partial charge on any atom is 0.414 e. The molecule has 3 rings (SSSR count). The molecule has 0 spiro atoms. The minimum atomic E-state index is -3.67. The lowest BCUT2D eigenvalue weighted by Gasteiger charge is -2.38. The Morgan fingerprint density at radius 3 is 2.14 bits per heavy atom. The molecule has 1 N–H and O–H groups in total. The number of piperazine rings is 1. The second kappa shape index (κ2) is 13.4. The fourth-order valence-electron chi connectivity index (χ4n) is 3.94. The molecule has 0 radical (unpaired) electrons. The lowest BCUT2D eigenvalue weighted by molar-refractivity contribution is -0.119. The molecule has 2 heterocycles. The number of cyclic esters (lactones) is 1. The van der Waals surface area contributed by atoms with Gasteiger partial charge in [-0.15, -0.1) is 0 Å². The summed E-state index contributed by atoms with van der Waals surface area (Å²) in [7, 11) is -0.688. The zero-order chi connectivity index (χ0) is 27.0. The van der Waals surface area contributed by atoms with Crippen molar-refractivity contribution in [2.24, 2.45) is 0 Å². The topological polar surface area (TPSA) is 119 Å². The molecule has 2 fully saturated rings. The molecule has 1 atom stereocenters. The Bertz CT molecular complexity index is 958. The summed E-state index contributed by atoms with van der Waals surface area (Å²) < 4.78 is 71.2. The Morgan fingerprint density at radius 2 is 1.62 bits per heavy atom. The number of carbonyl (C=O) groups excluding carboxylic acids is 2. The number of amides is 2. The highest BCUT2D eigenvalue weighted by atomic mass is 31.2. The van der Waals surface area contributed by atoms with Crippen LogP contribution in [0.2, 0.25) is 0 Å². The number of nitrogens with one attached hydrogen (secondary N) is 1. The van der Waals surface area contributed by atoms with Crippen molar-refractivity contribution in [3.63, 3.8) is 0 Å². The van der Waals surface area contributed by atoms with Gasteiger partial charge in [0.1, 0.15) is 11.8 Å². The second-order valence-corrected chi connectivity index (χ2v) is 10.4. The second-order valence-electron chi connectivity index (χ2n) is 8.37. The van der Waals surface area contributed by atoms with E-state index in [1.54, 1.807) is 0 Å². The van der Waals surface area contributed by atoms with Crippen molar-refractivity contribution < 1.29 is 46.2 Å². The molecule has 0 bridgehead atoms. The fraction of sp³-hybridized carbons (Fsp3) is 0.636. The average molecular weight is 550 g/mol. The molecule has 208 valence electrons. The molecule has 2 saturated heterocycles. The minimum absolute atomic E-state index is 0.00954. The maximum absolute atomic E-state index is 15.1. The highest BCUT2D eigenvalue weighted by molar-refractivity contribution is 7.51. The predicted molar refractivity (Wildman–Crippen MR) is 130 cm³/mol. The summed E-state index contributed by atoms with van der Waals surface area (Å²) in [4.78, 5) is 25.9. The van der Waals surface area contributed by atoms with Gasteiger partial charge in [0.05, 0.1) is 45.2 Å². The fourth-order valence-corrected chi connectivity index (χ4v) is 5.62. The van der Waals surface area contributed by atoms with Crippen LogP contribution < -0.4 is 15.1 Å². The number of halogens is 2. The molecule has 0 saturated carbocycles. The Balaban J connectivity index is 1.66. The van der Waals surface area contributed by atoms with E-state index in [1.807, 2.05) is 0 Å². The normalized spacial score (nSPS) is 18.8. The first-order valence-corrected chi connectivity index (χ1v) is 13.3. The Labute approximate surface area is 214 Å². The molecular weight excluding hydrogens is 517 g/mol. The van der Waals surface area contributed by atoms with Crippen molar-refractivity contribution >= 4 is 31.1 Å². The number of rotatable bonds is 13. The van der Waals surface area contributed by atoms with Crippen molar-refractivity contribution in [3.8, 4) is 0 Å². The number of benzene rings is 1. The van der Waals surface area contributed by atoms with Crippen molar-refractivity contribution in [3.05, 3.63) is 23.8 Å². The van der Waals surface area contributed by atoms with Crippen LogP contribution in [0.5, 0.6) is 0 Å². The van der Waals surface area contributed by atoms with Crippen LogP contribution in [-0.2, 0) is 32.6 Å². The third kappa shape index (κ3) is 7.59. The number of carbonyl (C=O) groups is 2. The Hall–Kier alpha value is -2.35. The van der Waals surface area contributed by atoms with Crippen molar-refractivity contribution in [2.45, 2.75) is 13.0 Å². The highest BCUT2D eigenvalue weighted by Crippen LogP contribution is 2.52. The first-order valence-electron chi connectivity index (χ1n) is 11.8. The highest BCUT2D eigenvalue weighted by Gasteiger charge is 2.38. The SMILES string of the molecule is COCCOP(=O)(OCCOC)N1CCN(c2c(F)cc(N3C[C@H](CNC(C)=O)OC3=O)cc2F)CC1. The lowest BCUT2D eigenvalue weighted by atomic mass is 10.2. The van der Waals surface area contributed by atoms with E-state index in [-0.39, 0.29) is 83.0 Å². The van der Waals surface area contributed by atoms with Gasteiger partial charge in [0.25, 0.3) is 0 Å². The van der Waals surface area contributed by atoms with E-state index in [4.69, 9.17) is 23.3 Å². The minimum Gasteiger partial charge on any atom is -0.442 e. The molecule has 0 unspecified atom stereocenters. The van der Waals surface area contributed by atoms with E-state index in [0.29, 0.717) is 0 Å². The van der Waals surface area contributed by atoms with Crippen LogP contribution in [0.25, 0.3) is 0 Å². The summed E-state index contributed by atoms with van der Waals surface area (Å²) in [5, 5.41) is 2.55. The maximum atomic E-state index is 15.1. The summed E-state index contributed by atoms with van der Waals surface area (Å²) in [6.45, 7) is 2.66. The number of hydrogen-bond acceptors (Lipinski definition) is 9. The van der Waals surface area contributed by atoms with Gasteiger partial charge in [-0.2, -0.15) is 0 Å². The zero-order valence-electron chi connectivity index (χ0n) is 21.1. The van der Waals surface area contributed by atoms with Crippen molar-refractivity contribution in [2.75, 3.05) is 89.7 Å². The molecule has 2 aliphatic rings. The van der Waals surface area contributed by atoms with Crippen LogP contribution in [0.1, 0.15) is 6.92 Å². The van der Waals surface area contributed by atoms with Gasteiger partial charge in [0.2, 0.25) is 5.91 Å². The van der Waals surface area contributed by atoms with Crippen molar-refractivity contribution in [1.29, 1.82) is 0 Å². The third-order valence-electron chi connectivity index (χ3n) is 5.77. The molecule has 2 aliphatic heterocycles. The van der Waals surface area contributed by atoms with Gasteiger partial charge in [-0.05, 0) is 0 Å². The summed E-state index contributed by atoms with van der Waals surface area (Å²) in [5.41, 5.74) is -0.239. The summed E-state index contributed by atoms with van der Waals surface area (Å²) in [6, 6.07) is 2.14. The van der Waals surface area contributed by atoms with Crippen LogP contribution in [-0.4, -0.2) is 103 Å².